The molecule has 1 unspecified atom stereocenters. The van der Waals surface area contributed by atoms with Gasteiger partial charge in [0, 0.05) is 38.9 Å². The summed E-state index contributed by atoms with van der Waals surface area (Å²) >= 11 is 0. The molecule has 1 saturated heterocycles. The number of fused-ring (bicyclic) bond motifs is 1. The van der Waals surface area contributed by atoms with E-state index in [0.29, 0.717) is 19.6 Å². The van der Waals surface area contributed by atoms with Crippen LogP contribution >= 0.6 is 0 Å². The van der Waals surface area contributed by atoms with E-state index < -0.39 is 11.7 Å². The molecule has 8 nitrogen and oxygen atoms in total. The second kappa shape index (κ2) is 9.64. The van der Waals surface area contributed by atoms with Gasteiger partial charge in [-0.1, -0.05) is 6.07 Å². The molecule has 1 atom stereocenters. The van der Waals surface area contributed by atoms with Crippen molar-refractivity contribution in [3.63, 3.8) is 0 Å². The second-order valence-corrected chi connectivity index (χ2v) is 9.09. The van der Waals surface area contributed by atoms with Crippen molar-refractivity contribution in [2.75, 3.05) is 39.3 Å². The summed E-state index contributed by atoms with van der Waals surface area (Å²) in [6.45, 7) is 9.60. The van der Waals surface area contributed by atoms with Crippen molar-refractivity contribution < 1.29 is 19.4 Å². The van der Waals surface area contributed by atoms with Gasteiger partial charge in [0.05, 0.1) is 11.7 Å². The number of aryl methyl sites for hydroxylation is 1. The highest BCUT2D eigenvalue weighted by Crippen LogP contribution is 2.33. The standard InChI is InChI=1S/C22H34N4O4/c1-22(2,3)30-21(29)26(18-9-4-7-17-8-5-10-23-19(17)18)12-6-11-24-13-15-25(16-14-24)20(27)28/h5,8,10,18H,4,6-7,9,11-16H2,1-3H3,(H,27,28). The van der Waals surface area contributed by atoms with Crippen LogP contribution in [0.4, 0.5) is 9.59 Å². The summed E-state index contributed by atoms with van der Waals surface area (Å²) in [5, 5.41) is 9.10. The number of hydrogen-bond acceptors (Lipinski definition) is 5. The quantitative estimate of drug-likeness (QED) is 0.789. The number of aromatic nitrogens is 1. The summed E-state index contributed by atoms with van der Waals surface area (Å²) in [5.74, 6) is 0. The summed E-state index contributed by atoms with van der Waals surface area (Å²) in [6, 6.07) is 3.99. The molecule has 0 saturated carbocycles. The van der Waals surface area contributed by atoms with E-state index >= 15 is 0 Å². The van der Waals surface area contributed by atoms with E-state index in [9.17, 15) is 9.59 Å². The molecule has 1 fully saturated rings. The highest BCUT2D eigenvalue weighted by atomic mass is 16.6. The molecule has 0 aromatic carbocycles. The van der Waals surface area contributed by atoms with Gasteiger partial charge in [-0.15, -0.1) is 0 Å². The van der Waals surface area contributed by atoms with Gasteiger partial charge in [0.15, 0.2) is 0 Å². The Balaban J connectivity index is 1.64. The van der Waals surface area contributed by atoms with E-state index in [1.54, 1.807) is 6.20 Å². The molecule has 166 valence electrons. The molecule has 30 heavy (non-hydrogen) atoms. The summed E-state index contributed by atoms with van der Waals surface area (Å²) < 4.78 is 5.72. The van der Waals surface area contributed by atoms with Crippen LogP contribution in [-0.4, -0.2) is 81.8 Å². The number of amides is 2. The minimum atomic E-state index is -0.853. The van der Waals surface area contributed by atoms with Crippen LogP contribution in [0.15, 0.2) is 18.3 Å². The lowest BCUT2D eigenvalue weighted by molar-refractivity contribution is 0.0122. The minimum absolute atomic E-state index is 0.0614. The zero-order chi connectivity index (χ0) is 21.7. The minimum Gasteiger partial charge on any atom is -0.465 e. The molecule has 2 heterocycles. The number of nitrogens with zero attached hydrogens (tertiary/aromatic N) is 4. The first-order valence-corrected chi connectivity index (χ1v) is 10.9. The first-order valence-electron chi connectivity index (χ1n) is 10.9. The van der Waals surface area contributed by atoms with Crippen LogP contribution in [0.25, 0.3) is 0 Å². The van der Waals surface area contributed by atoms with E-state index in [1.807, 2.05) is 31.7 Å². The van der Waals surface area contributed by atoms with E-state index in [-0.39, 0.29) is 12.1 Å². The summed E-state index contributed by atoms with van der Waals surface area (Å²) in [4.78, 5) is 34.3. The number of ether oxygens (including phenoxy) is 1. The predicted molar refractivity (Wildman–Crippen MR) is 114 cm³/mol. The number of pyridine rings is 1. The molecule has 1 N–H and O–H groups in total. The highest BCUT2D eigenvalue weighted by Gasteiger charge is 2.33. The number of carboxylic acid groups (broad SMARTS) is 1. The Morgan fingerprint density at radius 2 is 2.00 bits per heavy atom. The Morgan fingerprint density at radius 3 is 2.67 bits per heavy atom. The molecule has 0 bridgehead atoms. The molecule has 8 heteroatoms. The third kappa shape index (κ3) is 5.84. The third-order valence-corrected chi connectivity index (χ3v) is 5.69. The van der Waals surface area contributed by atoms with E-state index in [1.165, 1.54) is 10.5 Å². The topological polar surface area (TPSA) is 86.2 Å². The number of hydrogen-bond donors (Lipinski definition) is 1. The normalized spacial score (nSPS) is 19.8. The molecule has 2 amide bonds. The Labute approximate surface area is 178 Å². The predicted octanol–water partition coefficient (Wildman–Crippen LogP) is 3.38. The van der Waals surface area contributed by atoms with E-state index in [0.717, 1.165) is 51.0 Å². The van der Waals surface area contributed by atoms with Crippen molar-refractivity contribution in [3.8, 4) is 0 Å². The fourth-order valence-corrected chi connectivity index (χ4v) is 4.21. The summed E-state index contributed by atoms with van der Waals surface area (Å²) in [5.41, 5.74) is 1.65. The largest absolute Gasteiger partial charge is 0.465 e. The molecular weight excluding hydrogens is 384 g/mol. The van der Waals surface area contributed by atoms with Crippen molar-refractivity contribution in [1.29, 1.82) is 0 Å². The maximum atomic E-state index is 13.1. The third-order valence-electron chi connectivity index (χ3n) is 5.69. The molecule has 0 radical (unpaired) electrons. The number of carbonyl (C=O) groups is 2. The van der Waals surface area contributed by atoms with Gasteiger partial charge in [-0.2, -0.15) is 0 Å². The lowest BCUT2D eigenvalue weighted by Gasteiger charge is -2.37. The van der Waals surface area contributed by atoms with Gasteiger partial charge in [0.25, 0.3) is 0 Å². The number of carbonyl (C=O) groups excluding carboxylic acids is 1. The first kappa shape index (κ1) is 22.3. The zero-order valence-electron chi connectivity index (χ0n) is 18.3. The van der Waals surface area contributed by atoms with Gasteiger partial charge in [-0.25, -0.2) is 9.59 Å². The highest BCUT2D eigenvalue weighted by molar-refractivity contribution is 5.69. The molecular formula is C22H34N4O4. The molecule has 0 spiro atoms. The smallest absolute Gasteiger partial charge is 0.410 e. The van der Waals surface area contributed by atoms with Crippen LogP contribution in [0.5, 0.6) is 0 Å². The monoisotopic (exact) mass is 418 g/mol. The average molecular weight is 419 g/mol. The second-order valence-electron chi connectivity index (χ2n) is 9.09. The van der Waals surface area contributed by atoms with Crippen LogP contribution < -0.4 is 0 Å². The summed E-state index contributed by atoms with van der Waals surface area (Å²) in [6.07, 6.45) is 4.38. The van der Waals surface area contributed by atoms with Gasteiger partial charge >= 0.3 is 12.2 Å². The van der Waals surface area contributed by atoms with E-state index in [4.69, 9.17) is 9.84 Å². The van der Waals surface area contributed by atoms with Crippen molar-refractivity contribution in [2.24, 2.45) is 0 Å². The van der Waals surface area contributed by atoms with Crippen LogP contribution in [-0.2, 0) is 11.2 Å². The van der Waals surface area contributed by atoms with Crippen LogP contribution in [0, 0.1) is 0 Å². The molecule has 3 rings (SSSR count). The fraction of sp³-hybridized carbons (Fsp3) is 0.682. The Morgan fingerprint density at radius 1 is 1.27 bits per heavy atom. The molecule has 2 aliphatic rings. The van der Waals surface area contributed by atoms with Gasteiger partial charge < -0.3 is 14.7 Å². The van der Waals surface area contributed by atoms with Crippen LogP contribution in [0.3, 0.4) is 0 Å². The first-order chi connectivity index (χ1) is 14.2. The van der Waals surface area contributed by atoms with Gasteiger partial charge in [-0.3, -0.25) is 14.8 Å². The SMILES string of the molecule is CC(C)(C)OC(=O)N(CCCN1CCN(C(=O)O)CC1)C1CCCc2cccnc21. The molecule has 1 aromatic rings. The molecule has 1 aliphatic heterocycles. The Hall–Kier alpha value is -2.35. The number of rotatable bonds is 5. The maximum Gasteiger partial charge on any atom is 0.410 e. The van der Waals surface area contributed by atoms with Gasteiger partial charge in [-0.05, 0) is 64.6 Å². The Kier molecular flexibility index (Phi) is 7.18. The number of piperazine rings is 1. The van der Waals surface area contributed by atoms with Gasteiger partial charge in [0.2, 0.25) is 0 Å². The molecule has 1 aliphatic carbocycles. The van der Waals surface area contributed by atoms with E-state index in [2.05, 4.69) is 16.0 Å². The van der Waals surface area contributed by atoms with Crippen molar-refractivity contribution in [1.82, 2.24) is 19.7 Å². The average Bonchev–Trinajstić information content (AvgIpc) is 2.70. The van der Waals surface area contributed by atoms with Crippen molar-refractivity contribution in [3.05, 3.63) is 29.6 Å². The van der Waals surface area contributed by atoms with Crippen molar-refractivity contribution in [2.45, 2.75) is 58.1 Å². The zero-order valence-corrected chi connectivity index (χ0v) is 18.3. The van der Waals surface area contributed by atoms with Crippen LogP contribution in [0.2, 0.25) is 0 Å². The van der Waals surface area contributed by atoms with Gasteiger partial charge in [0.1, 0.15) is 5.60 Å². The lowest BCUT2D eigenvalue weighted by atomic mass is 9.91. The fourth-order valence-electron chi connectivity index (χ4n) is 4.21. The summed E-state index contributed by atoms with van der Waals surface area (Å²) in [7, 11) is 0. The molecule has 1 aromatic heterocycles. The Bertz CT molecular complexity index is 741. The van der Waals surface area contributed by atoms with Crippen molar-refractivity contribution >= 4 is 12.2 Å². The van der Waals surface area contributed by atoms with Crippen LogP contribution in [0.1, 0.15) is 57.3 Å². The lowest BCUT2D eigenvalue weighted by Crippen LogP contribution is -2.49. The maximum absolute atomic E-state index is 13.1.